The van der Waals surface area contributed by atoms with Crippen LogP contribution < -0.4 is 11.5 Å². The number of primary amides is 1. The van der Waals surface area contributed by atoms with Gasteiger partial charge in [0.1, 0.15) is 18.9 Å². The predicted octanol–water partition coefficient (Wildman–Crippen LogP) is 1.63. The van der Waals surface area contributed by atoms with Crippen molar-refractivity contribution in [2.24, 2.45) is 17.4 Å². The van der Waals surface area contributed by atoms with Crippen molar-refractivity contribution in [3.05, 3.63) is 24.0 Å². The fraction of sp³-hybridized carbons (Fsp3) is 0.667. The minimum Gasteiger partial charge on any atom is -0.462 e. The number of nitrogens with two attached hydrogens (primary N) is 2. The summed E-state index contributed by atoms with van der Waals surface area (Å²) in [5.41, 5.74) is 11.3. The lowest BCUT2D eigenvalue weighted by atomic mass is 10.1. The van der Waals surface area contributed by atoms with Gasteiger partial charge in [0.15, 0.2) is 0 Å². The van der Waals surface area contributed by atoms with Gasteiger partial charge in [-0.1, -0.05) is 25.5 Å². The van der Waals surface area contributed by atoms with Gasteiger partial charge in [-0.15, -0.1) is 0 Å². The number of hydrogen-bond acceptors (Lipinski definition) is 6. The van der Waals surface area contributed by atoms with Crippen LogP contribution in [0.2, 0.25) is 0 Å². The van der Waals surface area contributed by atoms with Crippen molar-refractivity contribution in [1.82, 2.24) is 4.90 Å². The molecule has 1 fully saturated rings. The van der Waals surface area contributed by atoms with Gasteiger partial charge in [0, 0.05) is 12.4 Å². The van der Waals surface area contributed by atoms with E-state index in [0.717, 1.165) is 19.3 Å². The third-order valence-corrected chi connectivity index (χ3v) is 3.94. The van der Waals surface area contributed by atoms with E-state index in [4.69, 9.17) is 20.0 Å². The Morgan fingerprint density at radius 2 is 2.16 bits per heavy atom. The van der Waals surface area contributed by atoms with E-state index in [1.165, 1.54) is 5.57 Å². The summed E-state index contributed by atoms with van der Waals surface area (Å²) in [5, 5.41) is 0. The van der Waals surface area contributed by atoms with E-state index >= 15 is 0 Å². The third kappa shape index (κ3) is 7.70. The zero-order valence-electron chi connectivity index (χ0n) is 15.4. The molecule has 7 heteroatoms. The largest absolute Gasteiger partial charge is 0.462 e. The highest BCUT2D eigenvalue weighted by atomic mass is 16.6. The Bertz CT molecular complexity index is 491. The molecule has 2 aliphatic rings. The molecule has 0 aromatic carbocycles. The van der Waals surface area contributed by atoms with Gasteiger partial charge < -0.3 is 25.8 Å². The van der Waals surface area contributed by atoms with E-state index in [2.05, 4.69) is 36.0 Å². The van der Waals surface area contributed by atoms with Crippen LogP contribution in [-0.2, 0) is 19.1 Å². The maximum Gasteiger partial charge on any atom is 0.323 e. The normalized spacial score (nSPS) is 23.6. The molecular formula is C18H31N3O4. The second-order valence-electron chi connectivity index (χ2n) is 6.80. The number of carbonyl (C=O) groups excluding carboxylic acids is 2. The zero-order chi connectivity index (χ0) is 18.8. The lowest BCUT2D eigenvalue weighted by Crippen LogP contribution is -2.35. The molecule has 0 aromatic heterocycles. The van der Waals surface area contributed by atoms with Crippen LogP contribution in [0.25, 0.3) is 0 Å². The van der Waals surface area contributed by atoms with Crippen molar-refractivity contribution in [2.45, 2.75) is 64.8 Å². The number of carbonyl (C=O) groups is 2. The molecule has 7 nitrogen and oxygen atoms in total. The first-order valence-electron chi connectivity index (χ1n) is 8.71. The van der Waals surface area contributed by atoms with Crippen LogP contribution in [0.1, 0.15) is 46.5 Å². The Kier molecular flexibility index (Phi) is 9.23. The number of nitrogens with zero attached hydrogens (tertiary/aromatic N) is 1. The fourth-order valence-corrected chi connectivity index (χ4v) is 2.80. The summed E-state index contributed by atoms with van der Waals surface area (Å²) >= 11 is 0. The Morgan fingerprint density at radius 1 is 1.48 bits per heavy atom. The van der Waals surface area contributed by atoms with Crippen molar-refractivity contribution in [3.8, 4) is 0 Å². The molecule has 3 unspecified atom stereocenters. The van der Waals surface area contributed by atoms with E-state index in [0.29, 0.717) is 18.9 Å². The Labute approximate surface area is 150 Å². The van der Waals surface area contributed by atoms with E-state index in [-0.39, 0.29) is 24.7 Å². The Balaban J connectivity index is 0.000000970. The first-order valence-corrected chi connectivity index (χ1v) is 8.71. The van der Waals surface area contributed by atoms with Gasteiger partial charge in [0.2, 0.25) is 6.41 Å². The number of rotatable bonds is 6. The highest BCUT2D eigenvalue weighted by molar-refractivity contribution is 5.75. The molecule has 3 atom stereocenters. The number of hydrogen-bond donors (Lipinski definition) is 2. The molecule has 1 saturated heterocycles. The molecule has 0 aliphatic carbocycles. The maximum absolute atomic E-state index is 11.8. The minimum absolute atomic E-state index is 0.0377. The molecule has 0 aromatic rings. The van der Waals surface area contributed by atoms with Gasteiger partial charge in [-0.2, -0.15) is 0 Å². The molecule has 0 spiro atoms. The molecule has 0 radical (unpaired) electrons. The average molecular weight is 353 g/mol. The predicted molar refractivity (Wildman–Crippen MR) is 95.9 cm³/mol. The summed E-state index contributed by atoms with van der Waals surface area (Å²) < 4.78 is 11.3. The summed E-state index contributed by atoms with van der Waals surface area (Å²) in [7, 11) is 0. The number of amides is 1. The molecule has 0 bridgehead atoms. The number of ether oxygens (including phenoxy) is 2. The van der Waals surface area contributed by atoms with Crippen molar-refractivity contribution < 1.29 is 19.1 Å². The second kappa shape index (κ2) is 10.9. The molecule has 142 valence electrons. The quantitative estimate of drug-likeness (QED) is 0.555. The molecule has 0 saturated carbocycles. The smallest absolute Gasteiger partial charge is 0.323 e. The molecule has 2 heterocycles. The highest BCUT2D eigenvalue weighted by Gasteiger charge is 2.30. The number of esters is 1. The van der Waals surface area contributed by atoms with Crippen LogP contribution in [0.4, 0.5) is 0 Å². The summed E-state index contributed by atoms with van der Waals surface area (Å²) in [6.45, 7) is 6.49. The standard InChI is InChI=1S/C17H28N2O3.CH3NO/c1-12(2)9-15(18)17(20)21-11-14-6-7-16(22-14)19-8-4-5-13(3)10-19;2-1-3/h4,8,10,12,14-16H,5-7,9,11,18H2,1-3H3;1H,(H2,2,3). The summed E-state index contributed by atoms with van der Waals surface area (Å²) in [6.07, 6.45) is 10.1. The van der Waals surface area contributed by atoms with Gasteiger partial charge in [0.25, 0.3) is 0 Å². The van der Waals surface area contributed by atoms with Gasteiger partial charge in [-0.3, -0.25) is 9.59 Å². The maximum atomic E-state index is 11.8. The van der Waals surface area contributed by atoms with Crippen LogP contribution in [0.3, 0.4) is 0 Å². The zero-order valence-corrected chi connectivity index (χ0v) is 15.4. The minimum atomic E-state index is -0.534. The van der Waals surface area contributed by atoms with E-state index < -0.39 is 6.04 Å². The van der Waals surface area contributed by atoms with Crippen LogP contribution in [0.5, 0.6) is 0 Å². The van der Waals surface area contributed by atoms with Crippen molar-refractivity contribution >= 4 is 12.4 Å². The lowest BCUT2D eigenvalue weighted by molar-refractivity contribution is -0.150. The molecule has 2 rings (SSSR count). The van der Waals surface area contributed by atoms with Crippen LogP contribution in [0, 0.1) is 5.92 Å². The Hall–Kier alpha value is -1.86. The Morgan fingerprint density at radius 3 is 2.76 bits per heavy atom. The van der Waals surface area contributed by atoms with Gasteiger partial charge in [0.05, 0.1) is 6.10 Å². The van der Waals surface area contributed by atoms with Crippen molar-refractivity contribution in [3.63, 3.8) is 0 Å². The second-order valence-corrected chi connectivity index (χ2v) is 6.80. The molecule has 4 N–H and O–H groups in total. The topological polar surface area (TPSA) is 108 Å². The van der Waals surface area contributed by atoms with E-state index in [1.807, 2.05) is 13.8 Å². The summed E-state index contributed by atoms with van der Waals surface area (Å²) in [4.78, 5) is 22.5. The van der Waals surface area contributed by atoms with E-state index in [9.17, 15) is 4.79 Å². The molecule has 25 heavy (non-hydrogen) atoms. The first-order chi connectivity index (χ1) is 11.9. The lowest BCUT2D eigenvalue weighted by Gasteiger charge is -2.27. The van der Waals surface area contributed by atoms with Crippen molar-refractivity contribution in [1.29, 1.82) is 0 Å². The highest BCUT2D eigenvalue weighted by Crippen LogP contribution is 2.26. The van der Waals surface area contributed by atoms with Gasteiger partial charge in [-0.25, -0.2) is 0 Å². The summed E-state index contributed by atoms with van der Waals surface area (Å²) in [6, 6.07) is -0.534. The van der Waals surface area contributed by atoms with Gasteiger partial charge >= 0.3 is 5.97 Å². The SMILES string of the molecule is CC1=CN(C2CCC(COC(=O)C(N)CC(C)C)O2)C=CC1.NC=O. The third-order valence-electron chi connectivity index (χ3n) is 3.94. The average Bonchev–Trinajstić information content (AvgIpc) is 3.01. The summed E-state index contributed by atoms with van der Waals surface area (Å²) in [5.74, 6) is 0.0601. The van der Waals surface area contributed by atoms with Crippen molar-refractivity contribution in [2.75, 3.05) is 6.61 Å². The van der Waals surface area contributed by atoms with E-state index in [1.54, 1.807) is 0 Å². The fourth-order valence-electron chi connectivity index (χ4n) is 2.80. The van der Waals surface area contributed by atoms with Crippen LogP contribution in [0.15, 0.2) is 24.0 Å². The number of allylic oxidation sites excluding steroid dienone is 2. The van der Waals surface area contributed by atoms with Crippen LogP contribution in [-0.4, -0.2) is 42.3 Å². The van der Waals surface area contributed by atoms with Crippen LogP contribution >= 0.6 is 0 Å². The van der Waals surface area contributed by atoms with Gasteiger partial charge in [-0.05, 0) is 38.5 Å². The molecular weight excluding hydrogens is 322 g/mol. The molecule has 1 amide bonds. The molecule has 2 aliphatic heterocycles. The first kappa shape index (κ1) is 21.2. The monoisotopic (exact) mass is 353 g/mol.